The fourth-order valence-corrected chi connectivity index (χ4v) is 2.36. The fourth-order valence-electron chi connectivity index (χ4n) is 2.36. The van der Waals surface area contributed by atoms with E-state index in [1.54, 1.807) is 18.2 Å². The molecule has 0 saturated carbocycles. The van der Waals surface area contributed by atoms with Gasteiger partial charge in [0.2, 0.25) is 0 Å². The molecular formula is C13H8N2O4. The maximum absolute atomic E-state index is 12.0. The summed E-state index contributed by atoms with van der Waals surface area (Å²) in [5.41, 5.74) is 0.530. The molecule has 0 saturated heterocycles. The average Bonchev–Trinajstić information content (AvgIpc) is 2.41. The van der Waals surface area contributed by atoms with Crippen molar-refractivity contribution in [1.29, 1.82) is 0 Å². The number of imide groups is 1. The minimum atomic E-state index is -0.518. The number of nitro benzene ring substituents is 1. The molecule has 1 aliphatic rings. The van der Waals surface area contributed by atoms with Crippen LogP contribution in [-0.4, -0.2) is 28.7 Å². The van der Waals surface area contributed by atoms with Crippen LogP contribution in [0.25, 0.3) is 10.8 Å². The van der Waals surface area contributed by atoms with Crippen LogP contribution in [0.2, 0.25) is 0 Å². The first-order chi connectivity index (χ1) is 9.02. The van der Waals surface area contributed by atoms with E-state index in [1.807, 2.05) is 0 Å². The average molecular weight is 256 g/mol. The van der Waals surface area contributed by atoms with Crippen molar-refractivity contribution in [3.05, 3.63) is 51.6 Å². The van der Waals surface area contributed by atoms with Crippen LogP contribution in [0.3, 0.4) is 0 Å². The van der Waals surface area contributed by atoms with Gasteiger partial charge in [0.1, 0.15) is 0 Å². The molecule has 0 fully saturated rings. The molecule has 6 nitrogen and oxygen atoms in total. The highest BCUT2D eigenvalue weighted by Crippen LogP contribution is 2.34. The van der Waals surface area contributed by atoms with Gasteiger partial charge in [0.15, 0.2) is 0 Å². The summed E-state index contributed by atoms with van der Waals surface area (Å²) in [6.45, 7) is 0. The third-order valence-electron chi connectivity index (χ3n) is 3.28. The molecule has 0 radical (unpaired) electrons. The van der Waals surface area contributed by atoms with E-state index in [9.17, 15) is 19.7 Å². The minimum Gasteiger partial charge on any atom is -0.277 e. The van der Waals surface area contributed by atoms with Crippen LogP contribution < -0.4 is 0 Å². The second kappa shape index (κ2) is 3.61. The minimum absolute atomic E-state index is 0.106. The predicted octanol–water partition coefficient (Wildman–Crippen LogP) is 1.97. The first-order valence-corrected chi connectivity index (χ1v) is 5.55. The zero-order chi connectivity index (χ0) is 13.7. The number of benzene rings is 2. The van der Waals surface area contributed by atoms with Gasteiger partial charge in [0.05, 0.1) is 10.3 Å². The van der Waals surface area contributed by atoms with Crippen LogP contribution in [0.5, 0.6) is 0 Å². The van der Waals surface area contributed by atoms with Crippen molar-refractivity contribution in [3.8, 4) is 0 Å². The number of carbonyl (C=O) groups excluding carboxylic acids is 2. The molecule has 1 heterocycles. The Hall–Kier alpha value is -2.76. The number of non-ortho nitro benzene ring substituents is 1. The molecule has 3 rings (SSSR count). The van der Waals surface area contributed by atoms with E-state index in [-0.39, 0.29) is 5.69 Å². The molecule has 1 aliphatic heterocycles. The van der Waals surface area contributed by atoms with Gasteiger partial charge >= 0.3 is 0 Å². The summed E-state index contributed by atoms with van der Waals surface area (Å²) < 4.78 is 0. The lowest BCUT2D eigenvalue weighted by molar-refractivity contribution is -0.383. The molecule has 2 aromatic carbocycles. The lowest BCUT2D eigenvalue weighted by Crippen LogP contribution is -2.36. The Bertz CT molecular complexity index is 744. The normalized spacial score (nSPS) is 14.1. The number of hydrogen-bond acceptors (Lipinski definition) is 4. The van der Waals surface area contributed by atoms with Gasteiger partial charge in [0.25, 0.3) is 17.5 Å². The van der Waals surface area contributed by atoms with Gasteiger partial charge in [-0.3, -0.25) is 24.6 Å². The summed E-state index contributed by atoms with van der Waals surface area (Å²) >= 11 is 0. The second-order valence-corrected chi connectivity index (χ2v) is 4.29. The van der Waals surface area contributed by atoms with E-state index in [0.29, 0.717) is 21.9 Å². The van der Waals surface area contributed by atoms with Gasteiger partial charge in [-0.05, 0) is 18.2 Å². The lowest BCUT2D eigenvalue weighted by Gasteiger charge is -2.23. The topological polar surface area (TPSA) is 80.5 Å². The Morgan fingerprint density at radius 3 is 2.32 bits per heavy atom. The monoisotopic (exact) mass is 256 g/mol. The van der Waals surface area contributed by atoms with E-state index in [1.165, 1.54) is 19.2 Å². The smallest absolute Gasteiger partial charge is 0.277 e. The molecule has 2 amide bonds. The van der Waals surface area contributed by atoms with Crippen molar-refractivity contribution in [2.24, 2.45) is 0 Å². The van der Waals surface area contributed by atoms with Crippen LogP contribution in [0, 0.1) is 10.1 Å². The number of nitro groups is 1. The highest BCUT2D eigenvalue weighted by molar-refractivity contribution is 6.26. The van der Waals surface area contributed by atoms with Gasteiger partial charge in [-0.1, -0.05) is 6.07 Å². The lowest BCUT2D eigenvalue weighted by atomic mass is 9.93. The molecule has 0 unspecified atom stereocenters. The molecule has 0 aromatic heterocycles. The maximum Gasteiger partial charge on any atom is 0.277 e. The fraction of sp³-hybridized carbons (Fsp3) is 0.0769. The van der Waals surface area contributed by atoms with Crippen LogP contribution in [0.15, 0.2) is 30.3 Å². The predicted molar refractivity (Wildman–Crippen MR) is 67.0 cm³/mol. The zero-order valence-corrected chi connectivity index (χ0v) is 9.91. The molecule has 2 aromatic rings. The summed E-state index contributed by atoms with van der Waals surface area (Å²) in [6.07, 6.45) is 0. The van der Waals surface area contributed by atoms with Gasteiger partial charge in [0, 0.05) is 29.6 Å². The number of rotatable bonds is 1. The SMILES string of the molecule is CN1C(=O)c2cccc3c([N+](=O)[O-])ccc(c23)C1=O. The first-order valence-electron chi connectivity index (χ1n) is 5.55. The summed E-state index contributed by atoms with van der Waals surface area (Å²) in [5.74, 6) is -0.882. The maximum atomic E-state index is 12.0. The van der Waals surface area contributed by atoms with E-state index in [4.69, 9.17) is 0 Å². The Kier molecular flexibility index (Phi) is 2.16. The van der Waals surface area contributed by atoms with Crippen LogP contribution in [-0.2, 0) is 0 Å². The van der Waals surface area contributed by atoms with Crippen molar-refractivity contribution in [2.75, 3.05) is 7.05 Å². The standard InChI is InChI=1S/C13H8N2O4/c1-14-12(16)8-4-2-3-7-10(15(18)19)6-5-9(11(7)8)13(14)17/h2-6H,1H3. The Morgan fingerprint density at radius 1 is 1.05 bits per heavy atom. The summed E-state index contributed by atoms with van der Waals surface area (Å²) in [4.78, 5) is 35.6. The molecule has 0 spiro atoms. The molecular weight excluding hydrogens is 248 g/mol. The van der Waals surface area contributed by atoms with Crippen LogP contribution in [0.1, 0.15) is 20.7 Å². The molecule has 0 bridgehead atoms. The number of amides is 2. The third-order valence-corrected chi connectivity index (χ3v) is 3.28. The summed E-state index contributed by atoms with van der Waals surface area (Å²) in [7, 11) is 1.40. The van der Waals surface area contributed by atoms with Gasteiger partial charge < -0.3 is 0 Å². The highest BCUT2D eigenvalue weighted by Gasteiger charge is 2.32. The number of carbonyl (C=O) groups is 2. The van der Waals surface area contributed by atoms with E-state index in [2.05, 4.69) is 0 Å². The van der Waals surface area contributed by atoms with Crippen molar-refractivity contribution < 1.29 is 14.5 Å². The largest absolute Gasteiger partial charge is 0.277 e. The second-order valence-electron chi connectivity index (χ2n) is 4.29. The molecule has 19 heavy (non-hydrogen) atoms. The zero-order valence-electron chi connectivity index (χ0n) is 9.91. The van der Waals surface area contributed by atoms with Crippen molar-refractivity contribution in [2.45, 2.75) is 0 Å². The van der Waals surface area contributed by atoms with E-state index < -0.39 is 16.7 Å². The van der Waals surface area contributed by atoms with Crippen LogP contribution >= 0.6 is 0 Å². The van der Waals surface area contributed by atoms with E-state index in [0.717, 1.165) is 4.90 Å². The molecule has 94 valence electrons. The van der Waals surface area contributed by atoms with Gasteiger partial charge in [-0.25, -0.2) is 0 Å². The van der Waals surface area contributed by atoms with Crippen molar-refractivity contribution >= 4 is 28.3 Å². The first kappa shape index (κ1) is 11.3. The molecule has 0 atom stereocenters. The number of hydrogen-bond donors (Lipinski definition) is 0. The van der Waals surface area contributed by atoms with Crippen LogP contribution in [0.4, 0.5) is 5.69 Å². The number of nitrogens with zero attached hydrogens (tertiary/aromatic N) is 2. The Balaban J connectivity index is 2.51. The Morgan fingerprint density at radius 2 is 1.68 bits per heavy atom. The third kappa shape index (κ3) is 1.36. The molecule has 0 aliphatic carbocycles. The molecule has 6 heteroatoms. The van der Waals surface area contributed by atoms with Crippen molar-refractivity contribution in [1.82, 2.24) is 4.90 Å². The summed E-state index contributed by atoms with van der Waals surface area (Å²) in [5, 5.41) is 11.7. The highest BCUT2D eigenvalue weighted by atomic mass is 16.6. The van der Waals surface area contributed by atoms with Crippen molar-refractivity contribution in [3.63, 3.8) is 0 Å². The summed E-state index contributed by atoms with van der Waals surface area (Å²) in [6, 6.07) is 7.39. The van der Waals surface area contributed by atoms with Gasteiger partial charge in [-0.2, -0.15) is 0 Å². The van der Waals surface area contributed by atoms with E-state index >= 15 is 0 Å². The van der Waals surface area contributed by atoms with Gasteiger partial charge in [-0.15, -0.1) is 0 Å². The quantitative estimate of drug-likeness (QED) is 0.444. The molecule has 0 N–H and O–H groups in total. The Labute approximate surface area is 107 Å².